The molecule has 1 fully saturated rings. The lowest BCUT2D eigenvalue weighted by Gasteiger charge is -2.24. The minimum atomic E-state index is -1.38. The molecule has 0 spiro atoms. The third kappa shape index (κ3) is 2.99. The van der Waals surface area contributed by atoms with Crippen molar-refractivity contribution < 1.29 is 4.92 Å². The number of nitrogens with zero attached hydrogens (tertiary/aromatic N) is 3. The van der Waals surface area contributed by atoms with Crippen LogP contribution in [0.4, 0.5) is 11.4 Å². The van der Waals surface area contributed by atoms with Gasteiger partial charge in [-0.25, -0.2) is 0 Å². The number of dihydropyridines is 1. The van der Waals surface area contributed by atoms with Crippen LogP contribution in [0.25, 0.3) is 5.57 Å². The van der Waals surface area contributed by atoms with Gasteiger partial charge in [-0.1, -0.05) is 6.08 Å². The summed E-state index contributed by atoms with van der Waals surface area (Å²) in [6.07, 6.45) is 9.52. The number of aliphatic imine (C=N–C) groups is 1. The Morgan fingerprint density at radius 1 is 1.50 bits per heavy atom. The lowest BCUT2D eigenvalue weighted by atomic mass is 10.0. The summed E-state index contributed by atoms with van der Waals surface area (Å²) in [4.78, 5) is 17.8. The van der Waals surface area contributed by atoms with Crippen molar-refractivity contribution in [3.63, 3.8) is 0 Å². The first-order chi connectivity index (χ1) is 12.6. The molecule has 3 aliphatic rings. The van der Waals surface area contributed by atoms with E-state index in [2.05, 4.69) is 33.6 Å². The first kappa shape index (κ1) is 16.8. The first-order valence-corrected chi connectivity index (χ1v) is 8.97. The van der Waals surface area contributed by atoms with Crippen molar-refractivity contribution in [2.75, 3.05) is 37.3 Å². The molecule has 0 aromatic heterocycles. The minimum Gasteiger partial charge on any atom is -0.380 e. The summed E-state index contributed by atoms with van der Waals surface area (Å²) >= 11 is 0. The van der Waals surface area contributed by atoms with Crippen molar-refractivity contribution in [2.24, 2.45) is 4.99 Å². The number of nitro groups is 1. The van der Waals surface area contributed by atoms with Crippen molar-refractivity contribution in [2.45, 2.75) is 24.5 Å². The summed E-state index contributed by atoms with van der Waals surface area (Å²) in [6, 6.07) is 6.34. The molecule has 0 bridgehead atoms. The molecule has 1 aromatic rings. The quantitative estimate of drug-likeness (QED) is 0.494. The van der Waals surface area contributed by atoms with Crippen LogP contribution in [0.15, 0.2) is 41.4 Å². The highest BCUT2D eigenvalue weighted by Crippen LogP contribution is 2.35. The summed E-state index contributed by atoms with van der Waals surface area (Å²) < 4.78 is 0. The van der Waals surface area contributed by atoms with Crippen LogP contribution in [0.1, 0.15) is 18.4 Å². The van der Waals surface area contributed by atoms with Gasteiger partial charge in [0.15, 0.2) is 0 Å². The van der Waals surface area contributed by atoms with E-state index in [0.29, 0.717) is 6.04 Å². The van der Waals surface area contributed by atoms with E-state index in [-0.39, 0.29) is 11.5 Å². The number of allylic oxidation sites excluding steroid dienone is 1. The molecule has 2 unspecified atom stereocenters. The monoisotopic (exact) mass is 353 g/mol. The topological polar surface area (TPSA) is 82.8 Å². The fourth-order valence-corrected chi connectivity index (χ4v) is 3.86. The van der Waals surface area contributed by atoms with E-state index in [9.17, 15) is 10.1 Å². The van der Waals surface area contributed by atoms with E-state index < -0.39 is 5.66 Å². The molecule has 7 nitrogen and oxygen atoms in total. The minimum absolute atomic E-state index is 0.0847. The normalized spacial score (nSPS) is 29.0. The molecule has 7 heteroatoms. The van der Waals surface area contributed by atoms with Crippen LogP contribution in [0.3, 0.4) is 0 Å². The van der Waals surface area contributed by atoms with Crippen LogP contribution in [-0.4, -0.2) is 54.4 Å². The molecule has 0 radical (unpaired) electrons. The van der Waals surface area contributed by atoms with Gasteiger partial charge in [-0.2, -0.15) is 0 Å². The van der Waals surface area contributed by atoms with Gasteiger partial charge in [0.1, 0.15) is 6.54 Å². The molecular formula is C19H23N5O2. The fraction of sp³-hybridized carbons (Fsp3) is 0.421. The number of anilines is 2. The largest absolute Gasteiger partial charge is 0.380 e. The van der Waals surface area contributed by atoms with Gasteiger partial charge in [-0.3, -0.25) is 20.0 Å². The Labute approximate surface area is 152 Å². The predicted molar refractivity (Wildman–Crippen MR) is 104 cm³/mol. The van der Waals surface area contributed by atoms with Crippen molar-refractivity contribution in [3.8, 4) is 0 Å². The van der Waals surface area contributed by atoms with E-state index in [1.54, 1.807) is 18.4 Å². The molecule has 136 valence electrons. The van der Waals surface area contributed by atoms with Crippen LogP contribution in [-0.2, 0) is 0 Å². The van der Waals surface area contributed by atoms with Crippen LogP contribution >= 0.6 is 0 Å². The van der Waals surface area contributed by atoms with Crippen molar-refractivity contribution in [3.05, 3.63) is 52.1 Å². The Morgan fingerprint density at radius 3 is 3.08 bits per heavy atom. The second-order valence-electron chi connectivity index (χ2n) is 7.15. The fourth-order valence-electron chi connectivity index (χ4n) is 3.86. The highest BCUT2D eigenvalue weighted by molar-refractivity contribution is 5.86. The Morgan fingerprint density at radius 2 is 2.38 bits per heavy atom. The summed E-state index contributed by atoms with van der Waals surface area (Å²) in [7, 11) is 2.16. The van der Waals surface area contributed by atoms with E-state index in [4.69, 9.17) is 0 Å². The Kier molecular flexibility index (Phi) is 4.24. The maximum atomic E-state index is 11.6. The number of likely N-dealkylation sites (N-methyl/N-ethyl adjacent to an activating group) is 1. The van der Waals surface area contributed by atoms with E-state index in [1.807, 2.05) is 18.2 Å². The molecule has 2 N–H and O–H groups in total. The highest BCUT2D eigenvalue weighted by atomic mass is 16.6. The van der Waals surface area contributed by atoms with Crippen molar-refractivity contribution in [1.82, 2.24) is 4.90 Å². The number of likely N-dealkylation sites (tertiary alicyclic amines) is 1. The number of nitrogens with one attached hydrogen (secondary N) is 2. The molecule has 3 heterocycles. The van der Waals surface area contributed by atoms with Crippen LogP contribution in [0.2, 0.25) is 0 Å². The molecule has 0 aliphatic carbocycles. The third-order valence-electron chi connectivity index (χ3n) is 5.39. The van der Waals surface area contributed by atoms with Gasteiger partial charge in [0, 0.05) is 41.8 Å². The smallest absolute Gasteiger partial charge is 0.332 e. The van der Waals surface area contributed by atoms with Gasteiger partial charge < -0.3 is 10.6 Å². The van der Waals surface area contributed by atoms with Gasteiger partial charge in [-0.15, -0.1) is 0 Å². The Balaban J connectivity index is 1.62. The van der Waals surface area contributed by atoms with Crippen molar-refractivity contribution >= 4 is 23.2 Å². The maximum absolute atomic E-state index is 11.6. The Hall–Kier alpha value is -2.67. The van der Waals surface area contributed by atoms with Gasteiger partial charge in [0.05, 0.1) is 4.92 Å². The molecule has 1 saturated heterocycles. The van der Waals surface area contributed by atoms with Gasteiger partial charge in [0.25, 0.3) is 0 Å². The first-order valence-electron chi connectivity index (χ1n) is 8.97. The van der Waals surface area contributed by atoms with Crippen LogP contribution in [0.5, 0.6) is 0 Å². The number of benzene rings is 1. The van der Waals surface area contributed by atoms with Gasteiger partial charge in [-0.05, 0) is 56.3 Å². The maximum Gasteiger partial charge on any atom is 0.332 e. The van der Waals surface area contributed by atoms with E-state index in [1.165, 1.54) is 18.4 Å². The molecule has 4 rings (SSSR count). The zero-order chi connectivity index (χ0) is 18.1. The van der Waals surface area contributed by atoms with Crippen molar-refractivity contribution in [1.29, 1.82) is 0 Å². The average molecular weight is 353 g/mol. The van der Waals surface area contributed by atoms with E-state index >= 15 is 0 Å². The molecule has 0 saturated carbocycles. The molecule has 3 aliphatic heterocycles. The third-order valence-corrected chi connectivity index (χ3v) is 5.39. The summed E-state index contributed by atoms with van der Waals surface area (Å²) in [6.45, 7) is 2.02. The predicted octanol–water partition coefficient (Wildman–Crippen LogP) is 2.62. The molecular weight excluding hydrogens is 330 g/mol. The van der Waals surface area contributed by atoms with Gasteiger partial charge >= 0.3 is 5.66 Å². The lowest BCUT2D eigenvalue weighted by Crippen LogP contribution is -2.48. The zero-order valence-corrected chi connectivity index (χ0v) is 14.8. The van der Waals surface area contributed by atoms with E-state index in [0.717, 1.165) is 30.0 Å². The molecule has 26 heavy (non-hydrogen) atoms. The zero-order valence-electron chi connectivity index (χ0n) is 14.8. The lowest BCUT2D eigenvalue weighted by molar-refractivity contribution is -0.543. The summed E-state index contributed by atoms with van der Waals surface area (Å²) in [5.74, 6) is 0. The molecule has 2 atom stereocenters. The average Bonchev–Trinajstić information content (AvgIpc) is 3.22. The number of fused-ring (bicyclic) bond motifs is 1. The standard InChI is InChI=1S/C19H23N5O2/c1-23-9-2-4-16(23)10-14-12-21-18-6-5-15(11-17(14)18)22-19(24(25)26)7-3-8-20-13-19/h3,5-8,10-11,16,21-22H,2,4,9,12-13H2,1H3. The number of hydrogen-bond acceptors (Lipinski definition) is 6. The highest BCUT2D eigenvalue weighted by Gasteiger charge is 2.41. The number of hydrogen-bond donors (Lipinski definition) is 2. The summed E-state index contributed by atoms with van der Waals surface area (Å²) in [5, 5.41) is 18.1. The summed E-state index contributed by atoms with van der Waals surface area (Å²) in [5.41, 5.74) is 2.81. The molecule has 1 aromatic carbocycles. The van der Waals surface area contributed by atoms with Crippen LogP contribution in [0, 0.1) is 10.1 Å². The molecule has 0 amide bonds. The van der Waals surface area contributed by atoms with Crippen LogP contribution < -0.4 is 10.6 Å². The SMILES string of the molecule is CN1CCCC1C=C1CNc2ccc(NC3([N+](=O)[O-])C=CC=NC3)cc21. The second kappa shape index (κ2) is 6.57. The Bertz CT molecular complexity index is 816. The number of rotatable bonds is 4. The second-order valence-corrected chi connectivity index (χ2v) is 7.15. The van der Waals surface area contributed by atoms with Gasteiger partial charge in [0.2, 0.25) is 0 Å².